The van der Waals surface area contributed by atoms with Gasteiger partial charge < -0.3 is 5.32 Å². The molecule has 0 atom stereocenters. The number of carbonyl (C=O) groups excluding carboxylic acids is 1. The Balaban J connectivity index is 1.38. The third kappa shape index (κ3) is 4.01. The molecule has 1 amide bonds. The summed E-state index contributed by atoms with van der Waals surface area (Å²) in [5, 5.41) is 12.0. The van der Waals surface area contributed by atoms with Gasteiger partial charge in [0.15, 0.2) is 0 Å². The molecule has 0 bridgehead atoms. The number of fused-ring (bicyclic) bond motifs is 2. The largest absolute Gasteiger partial charge is 0.376 e. The van der Waals surface area contributed by atoms with Crippen LogP contribution in [0.5, 0.6) is 0 Å². The molecule has 0 radical (unpaired) electrons. The zero-order valence-electron chi connectivity index (χ0n) is 15.6. The number of amides is 1. The van der Waals surface area contributed by atoms with Crippen LogP contribution in [0.15, 0.2) is 90.0 Å². The molecular formula is C24H21N3O. The topological polar surface area (TPSA) is 53.5 Å². The standard InChI is InChI=1S/C24H21N3O/c1-17(20-11-10-18-6-2-4-8-21(18)14-20)26-27-24(28)16-25-23-13-12-19-7-3-5-9-22(19)15-23/h2-15,25H,16H2,1H3,(H,27,28)/b26-17+. The molecule has 4 aromatic carbocycles. The summed E-state index contributed by atoms with van der Waals surface area (Å²) in [5.41, 5.74) is 5.29. The van der Waals surface area contributed by atoms with Gasteiger partial charge >= 0.3 is 0 Å². The van der Waals surface area contributed by atoms with Crippen molar-refractivity contribution < 1.29 is 4.79 Å². The Kier molecular flexibility index (Phi) is 5.02. The van der Waals surface area contributed by atoms with Crippen LogP contribution in [-0.2, 0) is 4.79 Å². The number of hydrogen-bond acceptors (Lipinski definition) is 3. The molecule has 4 aromatic rings. The van der Waals surface area contributed by atoms with Gasteiger partial charge in [0.2, 0.25) is 0 Å². The molecule has 0 spiro atoms. The number of carbonyl (C=O) groups is 1. The first-order valence-electron chi connectivity index (χ1n) is 9.24. The summed E-state index contributed by atoms with van der Waals surface area (Å²) < 4.78 is 0. The summed E-state index contributed by atoms with van der Waals surface area (Å²) in [5.74, 6) is -0.187. The second-order valence-electron chi connectivity index (χ2n) is 6.71. The van der Waals surface area contributed by atoms with Gasteiger partial charge in [-0.2, -0.15) is 5.10 Å². The highest BCUT2D eigenvalue weighted by Gasteiger charge is 2.03. The van der Waals surface area contributed by atoms with Crippen molar-refractivity contribution in [1.29, 1.82) is 0 Å². The van der Waals surface area contributed by atoms with E-state index >= 15 is 0 Å². The van der Waals surface area contributed by atoms with E-state index in [-0.39, 0.29) is 12.5 Å². The number of nitrogens with zero attached hydrogens (tertiary/aromatic N) is 1. The first-order valence-corrected chi connectivity index (χ1v) is 9.24. The Bertz CT molecular complexity index is 1180. The Labute approximate surface area is 163 Å². The minimum absolute atomic E-state index is 0.160. The second-order valence-corrected chi connectivity index (χ2v) is 6.71. The van der Waals surface area contributed by atoms with Crippen LogP contribution in [0.3, 0.4) is 0 Å². The van der Waals surface area contributed by atoms with Gasteiger partial charge in [-0.3, -0.25) is 4.79 Å². The summed E-state index contributed by atoms with van der Waals surface area (Å²) in [6.07, 6.45) is 0. The molecule has 0 aliphatic carbocycles. The monoisotopic (exact) mass is 367 g/mol. The Morgan fingerprint density at radius 1 is 0.786 bits per heavy atom. The molecule has 0 saturated heterocycles. The van der Waals surface area contributed by atoms with Gasteiger partial charge in [0.25, 0.3) is 5.91 Å². The van der Waals surface area contributed by atoms with E-state index in [2.05, 4.69) is 52.2 Å². The van der Waals surface area contributed by atoms with Crippen LogP contribution in [0.25, 0.3) is 21.5 Å². The van der Waals surface area contributed by atoms with Gasteiger partial charge in [0, 0.05) is 5.69 Å². The first kappa shape index (κ1) is 17.7. The van der Waals surface area contributed by atoms with Crippen LogP contribution >= 0.6 is 0 Å². The Morgan fingerprint density at radius 3 is 2.11 bits per heavy atom. The SMILES string of the molecule is C/C(=N\NC(=O)CNc1ccc2ccccc2c1)c1ccc2ccccc2c1. The number of rotatable bonds is 5. The van der Waals surface area contributed by atoms with Crippen molar-refractivity contribution in [3.63, 3.8) is 0 Å². The molecule has 0 heterocycles. The minimum atomic E-state index is -0.187. The summed E-state index contributed by atoms with van der Waals surface area (Å²) in [7, 11) is 0. The van der Waals surface area contributed by atoms with Crippen molar-refractivity contribution in [2.45, 2.75) is 6.92 Å². The second kappa shape index (κ2) is 7.92. The van der Waals surface area contributed by atoms with Crippen LogP contribution in [0.4, 0.5) is 5.69 Å². The zero-order valence-corrected chi connectivity index (χ0v) is 15.6. The Hall–Kier alpha value is -3.66. The average Bonchev–Trinajstić information content (AvgIpc) is 2.75. The van der Waals surface area contributed by atoms with Crippen molar-refractivity contribution in [3.05, 3.63) is 90.5 Å². The van der Waals surface area contributed by atoms with E-state index in [1.165, 1.54) is 10.8 Å². The van der Waals surface area contributed by atoms with Gasteiger partial charge in [-0.25, -0.2) is 5.43 Å². The molecule has 4 rings (SSSR count). The molecule has 4 heteroatoms. The van der Waals surface area contributed by atoms with Crippen LogP contribution in [0.2, 0.25) is 0 Å². The lowest BCUT2D eigenvalue weighted by Gasteiger charge is -2.08. The van der Waals surface area contributed by atoms with Crippen LogP contribution < -0.4 is 10.7 Å². The highest BCUT2D eigenvalue weighted by Crippen LogP contribution is 2.18. The van der Waals surface area contributed by atoms with Crippen LogP contribution in [-0.4, -0.2) is 18.2 Å². The van der Waals surface area contributed by atoms with Gasteiger partial charge in [-0.1, -0.05) is 66.7 Å². The van der Waals surface area contributed by atoms with Gasteiger partial charge in [-0.05, 0) is 52.2 Å². The summed E-state index contributed by atoms with van der Waals surface area (Å²) >= 11 is 0. The van der Waals surface area contributed by atoms with Crippen molar-refractivity contribution in [2.75, 3.05) is 11.9 Å². The van der Waals surface area contributed by atoms with Crippen molar-refractivity contribution >= 4 is 38.9 Å². The van der Waals surface area contributed by atoms with Crippen LogP contribution in [0.1, 0.15) is 12.5 Å². The summed E-state index contributed by atoms with van der Waals surface area (Å²) in [6.45, 7) is 2.05. The smallest absolute Gasteiger partial charge is 0.259 e. The fourth-order valence-electron chi connectivity index (χ4n) is 3.15. The lowest BCUT2D eigenvalue weighted by Crippen LogP contribution is -2.26. The van der Waals surface area contributed by atoms with Gasteiger partial charge in [0.05, 0.1) is 12.3 Å². The van der Waals surface area contributed by atoms with E-state index in [1.807, 2.05) is 55.5 Å². The fourth-order valence-corrected chi connectivity index (χ4v) is 3.15. The van der Waals surface area contributed by atoms with Crippen LogP contribution in [0, 0.1) is 0 Å². The number of hydrogen-bond donors (Lipinski definition) is 2. The molecule has 0 aliphatic heterocycles. The maximum Gasteiger partial charge on any atom is 0.259 e. The number of nitrogens with one attached hydrogen (secondary N) is 2. The maximum absolute atomic E-state index is 12.1. The maximum atomic E-state index is 12.1. The number of benzene rings is 4. The fraction of sp³-hybridized carbons (Fsp3) is 0.0833. The molecule has 0 saturated carbocycles. The molecule has 0 fully saturated rings. The summed E-state index contributed by atoms with van der Waals surface area (Å²) in [6, 6.07) is 28.5. The predicted octanol–water partition coefficient (Wildman–Crippen LogP) is 4.95. The van der Waals surface area contributed by atoms with E-state index in [0.29, 0.717) is 0 Å². The average molecular weight is 367 g/mol. The van der Waals surface area contributed by atoms with E-state index in [4.69, 9.17) is 0 Å². The normalized spacial score (nSPS) is 11.5. The molecule has 0 unspecified atom stereocenters. The van der Waals surface area contributed by atoms with Crippen molar-refractivity contribution in [2.24, 2.45) is 5.10 Å². The quantitative estimate of drug-likeness (QED) is 0.387. The first-order chi connectivity index (χ1) is 13.7. The molecule has 28 heavy (non-hydrogen) atoms. The predicted molar refractivity (Wildman–Crippen MR) is 117 cm³/mol. The third-order valence-electron chi connectivity index (χ3n) is 4.72. The van der Waals surface area contributed by atoms with Crippen molar-refractivity contribution in [1.82, 2.24) is 5.43 Å². The van der Waals surface area contributed by atoms with E-state index < -0.39 is 0 Å². The highest BCUT2D eigenvalue weighted by atomic mass is 16.2. The van der Waals surface area contributed by atoms with E-state index in [0.717, 1.165) is 27.7 Å². The third-order valence-corrected chi connectivity index (χ3v) is 4.72. The minimum Gasteiger partial charge on any atom is -0.376 e. The van der Waals surface area contributed by atoms with Gasteiger partial charge in [-0.15, -0.1) is 0 Å². The molecule has 0 aromatic heterocycles. The van der Waals surface area contributed by atoms with Crippen molar-refractivity contribution in [3.8, 4) is 0 Å². The zero-order chi connectivity index (χ0) is 19.3. The molecular weight excluding hydrogens is 346 g/mol. The number of hydrazone groups is 1. The lowest BCUT2D eigenvalue weighted by atomic mass is 10.0. The highest BCUT2D eigenvalue weighted by molar-refractivity contribution is 6.02. The van der Waals surface area contributed by atoms with E-state index in [9.17, 15) is 4.79 Å². The molecule has 2 N–H and O–H groups in total. The Morgan fingerprint density at radius 2 is 1.39 bits per heavy atom. The lowest BCUT2D eigenvalue weighted by molar-refractivity contribution is -0.119. The number of anilines is 1. The summed E-state index contributed by atoms with van der Waals surface area (Å²) in [4.78, 5) is 12.1. The molecule has 138 valence electrons. The van der Waals surface area contributed by atoms with Gasteiger partial charge in [0.1, 0.15) is 0 Å². The van der Waals surface area contributed by atoms with E-state index in [1.54, 1.807) is 0 Å². The molecule has 4 nitrogen and oxygen atoms in total. The molecule has 0 aliphatic rings.